The third-order valence-corrected chi connectivity index (χ3v) is 2.63. The highest BCUT2D eigenvalue weighted by Crippen LogP contribution is 2.28. The van der Waals surface area contributed by atoms with Gasteiger partial charge in [-0.15, -0.1) is 0 Å². The van der Waals surface area contributed by atoms with Crippen LogP contribution in [0.15, 0.2) is 48.7 Å². The third kappa shape index (κ3) is 3.57. The van der Waals surface area contributed by atoms with Crippen molar-refractivity contribution < 1.29 is 18.0 Å². The molecular weight excluding hydrogens is 269 g/mol. The number of benzene rings is 1. The van der Waals surface area contributed by atoms with Crippen LogP contribution in [-0.2, 0) is 12.7 Å². The predicted molar refractivity (Wildman–Crippen MR) is 66.9 cm³/mol. The van der Waals surface area contributed by atoms with Crippen LogP contribution in [0.5, 0.6) is 0 Å². The summed E-state index contributed by atoms with van der Waals surface area (Å²) in [4.78, 5) is 15.6. The number of nitrogens with zero attached hydrogens (tertiary/aromatic N) is 1. The molecule has 0 bridgehead atoms. The van der Waals surface area contributed by atoms with Gasteiger partial charge < -0.3 is 5.32 Å². The maximum Gasteiger partial charge on any atom is 0.416 e. The van der Waals surface area contributed by atoms with E-state index in [4.69, 9.17) is 0 Å². The van der Waals surface area contributed by atoms with Crippen molar-refractivity contribution in [2.24, 2.45) is 0 Å². The van der Waals surface area contributed by atoms with Crippen LogP contribution < -0.4 is 5.32 Å². The number of amides is 1. The monoisotopic (exact) mass is 280 g/mol. The Balaban J connectivity index is 1.96. The van der Waals surface area contributed by atoms with Crippen molar-refractivity contribution in [1.29, 1.82) is 0 Å². The first-order valence-corrected chi connectivity index (χ1v) is 5.82. The molecule has 0 aliphatic heterocycles. The zero-order chi connectivity index (χ0) is 14.6. The maximum atomic E-state index is 12.4. The van der Waals surface area contributed by atoms with Gasteiger partial charge >= 0.3 is 6.18 Å². The first-order chi connectivity index (χ1) is 9.47. The van der Waals surface area contributed by atoms with E-state index in [-0.39, 0.29) is 18.1 Å². The van der Waals surface area contributed by atoms with Crippen molar-refractivity contribution in [3.8, 4) is 0 Å². The highest BCUT2D eigenvalue weighted by Gasteiger charge is 2.29. The molecule has 0 spiro atoms. The van der Waals surface area contributed by atoms with E-state index in [1.807, 2.05) is 0 Å². The second-order valence-electron chi connectivity index (χ2n) is 4.09. The lowest BCUT2D eigenvalue weighted by atomic mass is 10.1. The van der Waals surface area contributed by atoms with Gasteiger partial charge in [-0.1, -0.05) is 18.2 Å². The number of nitrogens with one attached hydrogen (secondary N) is 1. The molecule has 20 heavy (non-hydrogen) atoms. The summed E-state index contributed by atoms with van der Waals surface area (Å²) in [7, 11) is 0. The molecule has 0 fully saturated rings. The molecule has 3 nitrogen and oxygen atoms in total. The van der Waals surface area contributed by atoms with E-state index in [0.717, 1.165) is 12.1 Å². The Kier molecular flexibility index (Phi) is 4.02. The Hall–Kier alpha value is -2.37. The Labute approximate surface area is 113 Å². The average molecular weight is 280 g/mol. The normalized spacial score (nSPS) is 11.2. The van der Waals surface area contributed by atoms with Gasteiger partial charge in [-0.2, -0.15) is 13.2 Å². The molecule has 0 aliphatic rings. The number of carbonyl (C=O) groups excluding carboxylic acids is 1. The number of alkyl halides is 3. The Bertz CT molecular complexity index is 580. The van der Waals surface area contributed by atoms with Gasteiger partial charge in [-0.05, 0) is 29.8 Å². The summed E-state index contributed by atoms with van der Waals surface area (Å²) in [6, 6.07) is 9.57. The van der Waals surface area contributed by atoms with Gasteiger partial charge in [0, 0.05) is 12.7 Å². The number of hydrogen-bond donors (Lipinski definition) is 1. The minimum absolute atomic E-state index is 0.146. The van der Waals surface area contributed by atoms with Gasteiger partial charge in [0.25, 0.3) is 5.91 Å². The Morgan fingerprint density at radius 2 is 1.80 bits per heavy atom. The number of halogens is 3. The molecule has 1 N–H and O–H groups in total. The number of pyridine rings is 1. The van der Waals surface area contributed by atoms with Crippen LogP contribution in [-0.4, -0.2) is 10.9 Å². The molecule has 0 atom stereocenters. The van der Waals surface area contributed by atoms with Gasteiger partial charge in [0.05, 0.1) is 5.56 Å². The van der Waals surface area contributed by atoms with Crippen LogP contribution >= 0.6 is 0 Å². The maximum absolute atomic E-state index is 12.4. The standard InChI is InChI=1S/C14H11F3N2O/c15-14(16,17)11-6-4-10(5-7-11)9-19-13(20)12-3-1-2-8-18-12/h1-8H,9H2,(H,19,20). The molecule has 104 valence electrons. The van der Waals surface area contributed by atoms with Crippen LogP contribution in [0.2, 0.25) is 0 Å². The second-order valence-corrected chi connectivity index (χ2v) is 4.09. The molecule has 1 amide bonds. The highest BCUT2D eigenvalue weighted by atomic mass is 19.4. The number of aromatic nitrogens is 1. The van der Waals surface area contributed by atoms with E-state index in [9.17, 15) is 18.0 Å². The Morgan fingerprint density at radius 3 is 2.35 bits per heavy atom. The molecule has 2 aromatic rings. The van der Waals surface area contributed by atoms with Gasteiger partial charge in [-0.3, -0.25) is 9.78 Å². The fourth-order valence-electron chi connectivity index (χ4n) is 1.58. The number of carbonyl (C=O) groups is 1. The molecule has 0 radical (unpaired) electrons. The van der Waals surface area contributed by atoms with Crippen molar-refractivity contribution in [3.63, 3.8) is 0 Å². The van der Waals surface area contributed by atoms with Crippen LogP contribution in [0.1, 0.15) is 21.6 Å². The fourth-order valence-corrected chi connectivity index (χ4v) is 1.58. The van der Waals surface area contributed by atoms with Crippen molar-refractivity contribution >= 4 is 5.91 Å². The first kappa shape index (κ1) is 14.0. The lowest BCUT2D eigenvalue weighted by molar-refractivity contribution is -0.137. The molecule has 1 aromatic heterocycles. The third-order valence-electron chi connectivity index (χ3n) is 2.63. The summed E-state index contributed by atoms with van der Waals surface area (Å²) in [5.74, 6) is -0.370. The van der Waals surface area contributed by atoms with Crippen LogP contribution in [0.4, 0.5) is 13.2 Å². The molecule has 0 saturated heterocycles. The lowest BCUT2D eigenvalue weighted by Crippen LogP contribution is -2.23. The van der Waals surface area contributed by atoms with E-state index < -0.39 is 11.7 Å². The lowest BCUT2D eigenvalue weighted by Gasteiger charge is -2.08. The smallest absolute Gasteiger partial charge is 0.347 e. The van der Waals surface area contributed by atoms with Crippen molar-refractivity contribution in [2.45, 2.75) is 12.7 Å². The molecule has 1 heterocycles. The predicted octanol–water partition coefficient (Wildman–Crippen LogP) is 3.03. The van der Waals surface area contributed by atoms with E-state index in [1.165, 1.54) is 18.3 Å². The van der Waals surface area contributed by atoms with Gasteiger partial charge in [0.1, 0.15) is 5.69 Å². The van der Waals surface area contributed by atoms with Crippen LogP contribution in [0.25, 0.3) is 0 Å². The van der Waals surface area contributed by atoms with E-state index in [1.54, 1.807) is 18.2 Å². The molecule has 0 saturated carbocycles. The topological polar surface area (TPSA) is 42.0 Å². The number of hydrogen-bond acceptors (Lipinski definition) is 2. The van der Waals surface area contributed by atoms with Crippen molar-refractivity contribution in [3.05, 3.63) is 65.5 Å². The zero-order valence-corrected chi connectivity index (χ0v) is 10.3. The molecular formula is C14H11F3N2O. The Morgan fingerprint density at radius 1 is 1.10 bits per heavy atom. The average Bonchev–Trinajstić information content (AvgIpc) is 2.45. The van der Waals surface area contributed by atoms with Gasteiger partial charge in [-0.25, -0.2) is 0 Å². The van der Waals surface area contributed by atoms with Crippen LogP contribution in [0, 0.1) is 0 Å². The minimum atomic E-state index is -4.35. The molecule has 1 aromatic carbocycles. The van der Waals surface area contributed by atoms with Gasteiger partial charge in [0.2, 0.25) is 0 Å². The van der Waals surface area contributed by atoms with Crippen molar-refractivity contribution in [1.82, 2.24) is 10.3 Å². The minimum Gasteiger partial charge on any atom is -0.347 e. The molecule has 0 unspecified atom stereocenters. The number of rotatable bonds is 3. The van der Waals surface area contributed by atoms with E-state index >= 15 is 0 Å². The van der Waals surface area contributed by atoms with Crippen LogP contribution in [0.3, 0.4) is 0 Å². The molecule has 0 aliphatic carbocycles. The van der Waals surface area contributed by atoms with E-state index in [2.05, 4.69) is 10.3 Å². The summed E-state index contributed by atoms with van der Waals surface area (Å²) in [5.41, 5.74) is 0.138. The highest BCUT2D eigenvalue weighted by molar-refractivity contribution is 5.92. The van der Waals surface area contributed by atoms with E-state index in [0.29, 0.717) is 5.56 Å². The zero-order valence-electron chi connectivity index (χ0n) is 10.3. The molecule has 6 heteroatoms. The largest absolute Gasteiger partial charge is 0.416 e. The van der Waals surface area contributed by atoms with Crippen molar-refractivity contribution in [2.75, 3.05) is 0 Å². The quantitative estimate of drug-likeness (QED) is 0.939. The second kappa shape index (κ2) is 5.73. The fraction of sp³-hybridized carbons (Fsp3) is 0.143. The summed E-state index contributed by atoms with van der Waals surface area (Å²) in [5, 5.41) is 2.59. The van der Waals surface area contributed by atoms with Gasteiger partial charge in [0.15, 0.2) is 0 Å². The summed E-state index contributed by atoms with van der Waals surface area (Å²) in [6.07, 6.45) is -2.86. The SMILES string of the molecule is O=C(NCc1ccc(C(F)(F)F)cc1)c1ccccn1. The summed E-state index contributed by atoms with van der Waals surface area (Å²) >= 11 is 0. The first-order valence-electron chi connectivity index (χ1n) is 5.82. The summed E-state index contributed by atoms with van der Waals surface area (Å²) in [6.45, 7) is 0.146. The molecule has 2 rings (SSSR count). The summed E-state index contributed by atoms with van der Waals surface area (Å²) < 4.78 is 37.1.